The Bertz CT molecular complexity index is 716. The molecule has 2 aromatic heterocycles. The molecule has 0 amide bonds. The van der Waals surface area contributed by atoms with Gasteiger partial charge in [-0.3, -0.25) is 14.8 Å². The first-order valence-electron chi connectivity index (χ1n) is 9.21. The Morgan fingerprint density at radius 2 is 2.08 bits per heavy atom. The molecule has 0 radical (unpaired) electrons. The van der Waals surface area contributed by atoms with Gasteiger partial charge in [-0.1, -0.05) is 6.07 Å². The van der Waals surface area contributed by atoms with Crippen LogP contribution in [0.1, 0.15) is 27.6 Å². The van der Waals surface area contributed by atoms with Crippen LogP contribution in [-0.2, 0) is 17.9 Å². The Labute approximate surface area is 154 Å². The Morgan fingerprint density at radius 3 is 2.88 bits per heavy atom. The molecule has 0 spiro atoms. The van der Waals surface area contributed by atoms with Gasteiger partial charge in [0.15, 0.2) is 0 Å². The lowest BCUT2D eigenvalue weighted by Crippen LogP contribution is -2.49. The van der Waals surface area contributed by atoms with E-state index in [1.54, 1.807) is 0 Å². The zero-order chi connectivity index (χ0) is 17.2. The molecule has 0 aliphatic carbocycles. The maximum atomic E-state index is 6.17. The van der Waals surface area contributed by atoms with Crippen molar-refractivity contribution in [2.24, 2.45) is 0 Å². The van der Waals surface area contributed by atoms with Crippen molar-refractivity contribution in [3.05, 3.63) is 51.5 Å². The van der Waals surface area contributed by atoms with Gasteiger partial charge < -0.3 is 4.74 Å². The minimum absolute atomic E-state index is 0.344. The molecule has 25 heavy (non-hydrogen) atoms. The lowest BCUT2D eigenvalue weighted by Gasteiger charge is -2.37. The first kappa shape index (κ1) is 17.2. The standard InChI is InChI=1S/C20H27N3OS/c1-15-4-3-5-17(21-15)14-24-19-10-18-11-22(8-9-23(18)12-19)13-20-7-6-16(2)25-20/h3-7,18-19H,8-14H2,1-2H3/t18-,19-/m1/s1. The van der Waals surface area contributed by atoms with Gasteiger partial charge in [0.25, 0.3) is 0 Å². The van der Waals surface area contributed by atoms with E-state index in [1.165, 1.54) is 22.8 Å². The van der Waals surface area contributed by atoms with Gasteiger partial charge in [0, 0.05) is 54.2 Å². The minimum atomic E-state index is 0.344. The third-order valence-electron chi connectivity index (χ3n) is 5.25. The van der Waals surface area contributed by atoms with Crippen molar-refractivity contribution in [2.75, 3.05) is 26.2 Å². The fourth-order valence-electron chi connectivity index (χ4n) is 4.00. The van der Waals surface area contributed by atoms with E-state index in [4.69, 9.17) is 4.74 Å². The minimum Gasteiger partial charge on any atom is -0.371 e. The number of piperazine rings is 1. The third-order valence-corrected chi connectivity index (χ3v) is 6.24. The molecule has 2 fully saturated rings. The summed E-state index contributed by atoms with van der Waals surface area (Å²) in [4.78, 5) is 12.7. The van der Waals surface area contributed by atoms with Gasteiger partial charge in [0.05, 0.1) is 18.4 Å². The number of ether oxygens (including phenoxy) is 1. The normalized spacial score (nSPS) is 24.6. The van der Waals surface area contributed by atoms with Crippen LogP contribution in [0.4, 0.5) is 0 Å². The highest BCUT2D eigenvalue weighted by Gasteiger charge is 2.36. The smallest absolute Gasteiger partial charge is 0.0892 e. The molecular formula is C20H27N3OS. The summed E-state index contributed by atoms with van der Waals surface area (Å²) in [7, 11) is 0. The summed E-state index contributed by atoms with van der Waals surface area (Å²) in [5, 5.41) is 0. The van der Waals surface area contributed by atoms with Gasteiger partial charge in [-0.2, -0.15) is 0 Å². The molecule has 5 heteroatoms. The van der Waals surface area contributed by atoms with Crippen LogP contribution < -0.4 is 0 Å². The molecule has 2 atom stereocenters. The van der Waals surface area contributed by atoms with Gasteiger partial charge in [0.2, 0.25) is 0 Å². The zero-order valence-corrected chi connectivity index (χ0v) is 16.0. The van der Waals surface area contributed by atoms with Crippen LogP contribution in [0, 0.1) is 13.8 Å². The van der Waals surface area contributed by atoms with Gasteiger partial charge in [-0.05, 0) is 44.5 Å². The topological polar surface area (TPSA) is 28.6 Å². The zero-order valence-electron chi connectivity index (χ0n) is 15.1. The molecule has 134 valence electrons. The van der Waals surface area contributed by atoms with E-state index in [1.807, 2.05) is 24.3 Å². The van der Waals surface area contributed by atoms with E-state index >= 15 is 0 Å². The van der Waals surface area contributed by atoms with Crippen molar-refractivity contribution in [2.45, 2.75) is 45.6 Å². The average molecular weight is 358 g/mol. The number of thiophene rings is 1. The number of rotatable bonds is 5. The lowest BCUT2D eigenvalue weighted by atomic mass is 10.1. The van der Waals surface area contributed by atoms with E-state index < -0.39 is 0 Å². The number of fused-ring (bicyclic) bond motifs is 1. The van der Waals surface area contributed by atoms with Crippen LogP contribution in [0.2, 0.25) is 0 Å². The van der Waals surface area contributed by atoms with Crippen molar-refractivity contribution < 1.29 is 4.74 Å². The maximum Gasteiger partial charge on any atom is 0.0892 e. The number of nitrogens with zero attached hydrogens (tertiary/aromatic N) is 3. The van der Waals surface area contributed by atoms with Gasteiger partial charge in [-0.25, -0.2) is 0 Å². The van der Waals surface area contributed by atoms with Crippen molar-refractivity contribution in [3.63, 3.8) is 0 Å². The van der Waals surface area contributed by atoms with Gasteiger partial charge in [0.1, 0.15) is 0 Å². The molecule has 0 N–H and O–H groups in total. The van der Waals surface area contributed by atoms with Crippen LogP contribution >= 0.6 is 11.3 Å². The Morgan fingerprint density at radius 1 is 1.16 bits per heavy atom. The van der Waals surface area contributed by atoms with Crippen molar-refractivity contribution in [3.8, 4) is 0 Å². The SMILES string of the molecule is Cc1cccc(CO[C@@H]2C[C@@H]3CN(Cc4ccc(C)s4)CCN3C2)n1. The van der Waals surface area contributed by atoms with E-state index in [-0.39, 0.29) is 0 Å². The summed E-state index contributed by atoms with van der Waals surface area (Å²) in [6.45, 7) is 10.5. The molecule has 4 nitrogen and oxygen atoms in total. The van der Waals surface area contributed by atoms with Crippen LogP contribution in [-0.4, -0.2) is 53.1 Å². The Hall–Kier alpha value is -1.27. The molecule has 0 bridgehead atoms. The van der Waals surface area contributed by atoms with Crippen LogP contribution in [0.3, 0.4) is 0 Å². The third kappa shape index (κ3) is 4.29. The molecule has 0 unspecified atom stereocenters. The van der Waals surface area contributed by atoms with Gasteiger partial charge in [-0.15, -0.1) is 11.3 Å². The average Bonchev–Trinajstić information content (AvgIpc) is 3.18. The number of pyridine rings is 1. The lowest BCUT2D eigenvalue weighted by molar-refractivity contribution is 0.0440. The molecule has 0 aromatic carbocycles. The number of hydrogen-bond acceptors (Lipinski definition) is 5. The highest BCUT2D eigenvalue weighted by atomic mass is 32.1. The Balaban J connectivity index is 1.28. The maximum absolute atomic E-state index is 6.17. The molecular weight excluding hydrogens is 330 g/mol. The summed E-state index contributed by atoms with van der Waals surface area (Å²) in [5.74, 6) is 0. The first-order chi connectivity index (χ1) is 12.2. The summed E-state index contributed by atoms with van der Waals surface area (Å²) in [6, 6.07) is 11.3. The second-order valence-corrected chi connectivity index (χ2v) is 8.71. The van der Waals surface area contributed by atoms with Gasteiger partial charge >= 0.3 is 0 Å². The Kier molecular flexibility index (Phi) is 5.17. The van der Waals surface area contributed by atoms with E-state index in [2.05, 4.69) is 46.0 Å². The predicted octanol–water partition coefficient (Wildman–Crippen LogP) is 3.24. The molecule has 4 heterocycles. The molecule has 2 saturated heterocycles. The highest BCUT2D eigenvalue weighted by Crippen LogP contribution is 2.26. The second kappa shape index (κ2) is 7.54. The fourth-order valence-corrected chi connectivity index (χ4v) is 4.93. The highest BCUT2D eigenvalue weighted by molar-refractivity contribution is 7.11. The fraction of sp³-hybridized carbons (Fsp3) is 0.550. The van der Waals surface area contributed by atoms with Crippen molar-refractivity contribution in [1.82, 2.24) is 14.8 Å². The largest absolute Gasteiger partial charge is 0.371 e. The summed E-state index contributed by atoms with van der Waals surface area (Å²) < 4.78 is 6.17. The summed E-state index contributed by atoms with van der Waals surface area (Å²) >= 11 is 1.93. The molecule has 4 rings (SSSR count). The molecule has 2 aliphatic heterocycles. The number of aromatic nitrogens is 1. The van der Waals surface area contributed by atoms with Crippen molar-refractivity contribution in [1.29, 1.82) is 0 Å². The monoisotopic (exact) mass is 357 g/mol. The van der Waals surface area contributed by atoms with Crippen molar-refractivity contribution >= 4 is 11.3 Å². The van der Waals surface area contributed by atoms with Crippen LogP contribution in [0.25, 0.3) is 0 Å². The quantitative estimate of drug-likeness (QED) is 0.821. The molecule has 2 aromatic rings. The predicted molar refractivity (Wildman–Crippen MR) is 102 cm³/mol. The summed E-state index contributed by atoms with van der Waals surface area (Å²) in [6.07, 6.45) is 1.49. The molecule has 0 saturated carbocycles. The van der Waals surface area contributed by atoms with E-state index in [0.717, 1.165) is 37.4 Å². The number of hydrogen-bond donors (Lipinski definition) is 0. The molecule has 2 aliphatic rings. The summed E-state index contributed by atoms with van der Waals surface area (Å²) in [5.41, 5.74) is 2.10. The first-order valence-corrected chi connectivity index (χ1v) is 10.0. The van der Waals surface area contributed by atoms with Crippen LogP contribution in [0.5, 0.6) is 0 Å². The second-order valence-electron chi connectivity index (χ2n) is 7.34. The van der Waals surface area contributed by atoms with Crippen LogP contribution in [0.15, 0.2) is 30.3 Å². The van der Waals surface area contributed by atoms with E-state index in [9.17, 15) is 0 Å². The van der Waals surface area contributed by atoms with E-state index in [0.29, 0.717) is 18.8 Å². The number of aryl methyl sites for hydroxylation is 2.